The van der Waals surface area contributed by atoms with Crippen molar-refractivity contribution in [3.8, 4) is 0 Å². The van der Waals surface area contributed by atoms with Gasteiger partial charge in [-0.25, -0.2) is 9.78 Å². The van der Waals surface area contributed by atoms with Crippen molar-refractivity contribution in [2.75, 3.05) is 26.2 Å². The molecule has 0 bridgehead atoms. The smallest absolute Gasteiger partial charge is 0.335 e. The number of rotatable bonds is 9. The van der Waals surface area contributed by atoms with Crippen molar-refractivity contribution in [3.63, 3.8) is 0 Å². The average Bonchev–Trinajstić information content (AvgIpc) is 3.40. The Labute approximate surface area is 235 Å². The van der Waals surface area contributed by atoms with Gasteiger partial charge in [0.05, 0.1) is 29.0 Å². The normalized spacial score (nSPS) is 14.6. The number of fused-ring (bicyclic) bond motifs is 1. The summed E-state index contributed by atoms with van der Waals surface area (Å²) in [4.78, 5) is 21.4. The molecule has 0 unspecified atom stereocenters. The first kappa shape index (κ1) is 26.0. The summed E-state index contributed by atoms with van der Waals surface area (Å²) in [7, 11) is 0. The van der Waals surface area contributed by atoms with Gasteiger partial charge in [-0.3, -0.25) is 9.80 Å². The average molecular weight is 531 g/mol. The van der Waals surface area contributed by atoms with Gasteiger partial charge >= 0.3 is 5.97 Å². The fourth-order valence-electron chi connectivity index (χ4n) is 5.90. The Bertz CT molecular complexity index is 1530. The fourth-order valence-corrected chi connectivity index (χ4v) is 5.90. The van der Waals surface area contributed by atoms with E-state index in [-0.39, 0.29) is 6.04 Å². The Morgan fingerprint density at radius 2 is 1.45 bits per heavy atom. The Morgan fingerprint density at radius 3 is 2.12 bits per heavy atom. The van der Waals surface area contributed by atoms with Crippen LogP contribution in [0, 0.1) is 0 Å². The van der Waals surface area contributed by atoms with Crippen molar-refractivity contribution in [1.82, 2.24) is 19.4 Å². The van der Waals surface area contributed by atoms with Crippen molar-refractivity contribution in [3.05, 3.63) is 137 Å². The third-order valence-electron chi connectivity index (χ3n) is 7.96. The monoisotopic (exact) mass is 530 g/mol. The van der Waals surface area contributed by atoms with E-state index in [0.29, 0.717) is 18.5 Å². The molecule has 1 aliphatic heterocycles. The highest BCUT2D eigenvalue weighted by Gasteiger charge is 2.26. The Morgan fingerprint density at radius 1 is 0.800 bits per heavy atom. The number of hydrogen-bond acceptors (Lipinski definition) is 4. The minimum Gasteiger partial charge on any atom is -0.478 e. The summed E-state index contributed by atoms with van der Waals surface area (Å²) in [5.74, 6) is -0.882. The van der Waals surface area contributed by atoms with Crippen LogP contribution in [0.1, 0.15) is 38.7 Å². The van der Waals surface area contributed by atoms with Gasteiger partial charge in [0, 0.05) is 39.3 Å². The first-order valence-corrected chi connectivity index (χ1v) is 14.0. The van der Waals surface area contributed by atoms with E-state index in [1.54, 1.807) is 12.1 Å². The Balaban J connectivity index is 1.10. The number of aromatic nitrogens is 2. The molecule has 0 amide bonds. The molecular weight excluding hydrogens is 496 g/mol. The zero-order valence-electron chi connectivity index (χ0n) is 22.6. The number of imidazole rings is 1. The molecule has 0 aliphatic carbocycles. The zero-order valence-corrected chi connectivity index (χ0v) is 22.6. The van der Waals surface area contributed by atoms with Crippen molar-refractivity contribution < 1.29 is 9.90 Å². The van der Waals surface area contributed by atoms with E-state index in [0.717, 1.165) is 49.3 Å². The minimum atomic E-state index is -0.882. The summed E-state index contributed by atoms with van der Waals surface area (Å²) in [6.07, 6.45) is 2.51. The van der Waals surface area contributed by atoms with Crippen LogP contribution in [0.2, 0.25) is 0 Å². The number of benzene rings is 4. The fraction of sp³-hybridized carbons (Fsp3) is 0.235. The van der Waals surface area contributed by atoms with E-state index in [2.05, 4.69) is 98.2 Å². The van der Waals surface area contributed by atoms with Crippen molar-refractivity contribution in [1.29, 1.82) is 0 Å². The van der Waals surface area contributed by atoms with Crippen LogP contribution < -0.4 is 0 Å². The van der Waals surface area contributed by atoms with Crippen LogP contribution >= 0.6 is 0 Å². The van der Waals surface area contributed by atoms with E-state index in [9.17, 15) is 9.90 Å². The van der Waals surface area contributed by atoms with Crippen molar-refractivity contribution in [2.45, 2.75) is 25.6 Å². The van der Waals surface area contributed by atoms with Crippen LogP contribution in [0.4, 0.5) is 0 Å². The molecule has 6 nitrogen and oxygen atoms in total. The lowest BCUT2D eigenvalue weighted by molar-refractivity contribution is 0.0695. The van der Waals surface area contributed by atoms with E-state index in [1.807, 2.05) is 18.5 Å². The number of nitrogens with zero attached hydrogens (tertiary/aromatic N) is 4. The molecule has 0 saturated carbocycles. The highest BCUT2D eigenvalue weighted by Crippen LogP contribution is 2.30. The van der Waals surface area contributed by atoms with Gasteiger partial charge in [-0.2, -0.15) is 0 Å². The molecule has 40 heavy (non-hydrogen) atoms. The third-order valence-corrected chi connectivity index (χ3v) is 7.96. The maximum Gasteiger partial charge on any atom is 0.335 e. The lowest BCUT2D eigenvalue weighted by atomic mass is 9.96. The molecular formula is C34H34N4O2. The minimum absolute atomic E-state index is 0.271. The number of carbonyl (C=O) groups is 1. The second-order valence-corrected chi connectivity index (χ2v) is 10.5. The van der Waals surface area contributed by atoms with Gasteiger partial charge in [-0.15, -0.1) is 0 Å². The highest BCUT2D eigenvalue weighted by atomic mass is 16.4. The molecule has 1 saturated heterocycles. The summed E-state index contributed by atoms with van der Waals surface area (Å²) in [5.41, 5.74) is 7.22. The summed E-state index contributed by atoms with van der Waals surface area (Å²) < 4.78 is 2.11. The van der Waals surface area contributed by atoms with Gasteiger partial charge in [0.1, 0.15) is 0 Å². The van der Waals surface area contributed by atoms with Crippen LogP contribution in [-0.4, -0.2) is 56.6 Å². The molecule has 6 heteroatoms. The maximum absolute atomic E-state index is 11.6. The topological polar surface area (TPSA) is 61.6 Å². The number of aromatic carboxylic acids is 1. The van der Waals surface area contributed by atoms with Crippen LogP contribution in [-0.2, 0) is 19.5 Å². The second kappa shape index (κ2) is 11.9. The van der Waals surface area contributed by atoms with Gasteiger partial charge in [0.25, 0.3) is 0 Å². The first-order valence-electron chi connectivity index (χ1n) is 14.0. The van der Waals surface area contributed by atoms with Gasteiger partial charge < -0.3 is 9.67 Å². The molecule has 4 aromatic carbocycles. The van der Waals surface area contributed by atoms with Gasteiger partial charge in [-0.1, -0.05) is 84.9 Å². The van der Waals surface area contributed by atoms with Gasteiger partial charge in [0.2, 0.25) is 0 Å². The molecule has 5 aromatic rings. The number of hydrogen-bond donors (Lipinski definition) is 1. The van der Waals surface area contributed by atoms with Crippen LogP contribution in [0.15, 0.2) is 109 Å². The van der Waals surface area contributed by atoms with E-state index >= 15 is 0 Å². The van der Waals surface area contributed by atoms with Crippen LogP contribution in [0.25, 0.3) is 11.0 Å². The molecule has 1 N–H and O–H groups in total. The van der Waals surface area contributed by atoms with Crippen molar-refractivity contribution in [2.24, 2.45) is 0 Å². The summed E-state index contributed by atoms with van der Waals surface area (Å²) >= 11 is 0. The van der Waals surface area contributed by atoms with Crippen molar-refractivity contribution >= 4 is 17.0 Å². The molecule has 1 aliphatic rings. The predicted octanol–water partition coefficient (Wildman–Crippen LogP) is 5.88. The maximum atomic E-state index is 11.6. The lowest BCUT2D eigenvalue weighted by Crippen LogP contribution is -2.47. The number of aryl methyl sites for hydroxylation is 2. The largest absolute Gasteiger partial charge is 0.478 e. The second-order valence-electron chi connectivity index (χ2n) is 10.5. The lowest BCUT2D eigenvalue weighted by Gasteiger charge is -2.39. The predicted molar refractivity (Wildman–Crippen MR) is 158 cm³/mol. The molecule has 202 valence electrons. The number of piperazine rings is 1. The quantitative estimate of drug-likeness (QED) is 0.258. The zero-order chi connectivity index (χ0) is 27.3. The number of carboxylic acids is 1. The highest BCUT2D eigenvalue weighted by molar-refractivity contribution is 5.89. The van der Waals surface area contributed by atoms with Gasteiger partial charge in [-0.05, 0) is 46.9 Å². The third kappa shape index (κ3) is 5.69. The standard InChI is InChI=1S/C34H34N4O2/c39-34(40)30-14-8-7-9-27(30)17-18-38-25-35-31-23-26(15-16-32(31)38)24-36-19-21-37(22-20-36)33(28-10-3-1-4-11-28)29-12-5-2-6-13-29/h1-16,23,25,33H,17-22,24H2,(H,39,40). The molecule has 1 fully saturated rings. The molecule has 0 spiro atoms. The Kier molecular flexibility index (Phi) is 7.71. The molecule has 1 aromatic heterocycles. The van der Waals surface area contributed by atoms with Crippen LogP contribution in [0.5, 0.6) is 0 Å². The van der Waals surface area contributed by atoms with E-state index < -0.39 is 5.97 Å². The van der Waals surface area contributed by atoms with E-state index in [4.69, 9.17) is 0 Å². The molecule has 6 rings (SSSR count). The summed E-state index contributed by atoms with van der Waals surface area (Å²) in [6, 6.07) is 35.7. The van der Waals surface area contributed by atoms with Crippen LogP contribution in [0.3, 0.4) is 0 Å². The summed E-state index contributed by atoms with van der Waals surface area (Å²) in [6.45, 7) is 5.67. The molecule has 0 atom stereocenters. The van der Waals surface area contributed by atoms with Gasteiger partial charge in [0.15, 0.2) is 0 Å². The molecule has 2 heterocycles. The van der Waals surface area contributed by atoms with E-state index in [1.165, 1.54) is 16.7 Å². The molecule has 0 radical (unpaired) electrons. The first-order chi connectivity index (χ1) is 19.7. The SMILES string of the molecule is O=C(O)c1ccccc1CCn1cnc2cc(CN3CCN(C(c4ccccc4)c4ccccc4)CC3)ccc21. The Hall–Kier alpha value is -4.26. The number of carboxylic acid groups (broad SMARTS) is 1. The summed E-state index contributed by atoms with van der Waals surface area (Å²) in [5, 5.41) is 9.48.